The van der Waals surface area contributed by atoms with Crippen LogP contribution < -0.4 is 5.73 Å². The first kappa shape index (κ1) is 12.1. The van der Waals surface area contributed by atoms with Crippen molar-refractivity contribution < 1.29 is 0 Å². The minimum Gasteiger partial charge on any atom is -0.398 e. The van der Waals surface area contributed by atoms with Crippen molar-refractivity contribution in [1.29, 1.82) is 0 Å². The van der Waals surface area contributed by atoms with Crippen LogP contribution in [0.2, 0.25) is 5.02 Å². The van der Waals surface area contributed by atoms with E-state index in [9.17, 15) is 0 Å². The van der Waals surface area contributed by atoms with Crippen LogP contribution in [0.5, 0.6) is 0 Å². The van der Waals surface area contributed by atoms with Crippen molar-refractivity contribution in [3.05, 3.63) is 28.8 Å². The molecule has 1 saturated heterocycles. The lowest BCUT2D eigenvalue weighted by Crippen LogP contribution is -2.30. The molecule has 1 atom stereocenters. The van der Waals surface area contributed by atoms with E-state index in [0.29, 0.717) is 16.8 Å². The molecule has 1 aliphatic rings. The number of halogens is 1. The number of anilines is 1. The fourth-order valence-electron chi connectivity index (χ4n) is 1.96. The third-order valence-electron chi connectivity index (χ3n) is 3.03. The molecule has 1 heterocycles. The Bertz CT molecular complexity index is 364. The van der Waals surface area contributed by atoms with Gasteiger partial charge in [0.15, 0.2) is 0 Å². The number of hydrogen-bond acceptors (Lipinski definition) is 3. The molecule has 2 rings (SSSR count). The van der Waals surface area contributed by atoms with Crippen LogP contribution in [0.1, 0.15) is 12.0 Å². The molecular formula is C12H17ClN2S. The third-order valence-corrected chi connectivity index (χ3v) is 4.50. The lowest BCUT2D eigenvalue weighted by Gasteiger charge is -2.23. The molecule has 16 heavy (non-hydrogen) atoms. The summed E-state index contributed by atoms with van der Waals surface area (Å²) in [6, 6.07) is 6.62. The molecule has 1 unspecified atom stereocenters. The van der Waals surface area contributed by atoms with Crippen molar-refractivity contribution >= 4 is 29.1 Å². The Labute approximate surface area is 106 Å². The molecule has 4 heteroatoms. The monoisotopic (exact) mass is 256 g/mol. The van der Waals surface area contributed by atoms with Crippen molar-refractivity contribution in [3.63, 3.8) is 0 Å². The highest BCUT2D eigenvalue weighted by Crippen LogP contribution is 2.24. The Balaban J connectivity index is 1.99. The Hall–Kier alpha value is -0.380. The maximum atomic E-state index is 6.01. The van der Waals surface area contributed by atoms with Crippen LogP contribution in [0.15, 0.2) is 18.2 Å². The van der Waals surface area contributed by atoms with Gasteiger partial charge in [-0.1, -0.05) is 17.7 Å². The molecule has 0 amide bonds. The number of nitrogens with two attached hydrogens (primary N) is 1. The van der Waals surface area contributed by atoms with E-state index in [1.54, 1.807) is 0 Å². The number of nitrogens with zero attached hydrogens (tertiary/aromatic N) is 1. The third kappa shape index (κ3) is 2.84. The second kappa shape index (κ2) is 5.30. The summed E-state index contributed by atoms with van der Waals surface area (Å²) in [7, 11) is 2.18. The summed E-state index contributed by atoms with van der Waals surface area (Å²) in [6.07, 6.45) is 1.30. The summed E-state index contributed by atoms with van der Waals surface area (Å²) in [5.41, 5.74) is 7.58. The first-order valence-corrected chi connectivity index (χ1v) is 7.02. The Morgan fingerprint density at radius 1 is 1.56 bits per heavy atom. The largest absolute Gasteiger partial charge is 0.398 e. The number of rotatable bonds is 3. The predicted octanol–water partition coefficient (Wildman–Crippen LogP) is 2.86. The highest BCUT2D eigenvalue weighted by molar-refractivity contribution is 7.99. The number of hydrogen-bond donors (Lipinski definition) is 1. The van der Waals surface area contributed by atoms with Gasteiger partial charge in [-0.15, -0.1) is 0 Å². The second-order valence-corrected chi connectivity index (χ2v) is 5.85. The number of benzene rings is 1. The van der Waals surface area contributed by atoms with E-state index >= 15 is 0 Å². The van der Waals surface area contributed by atoms with E-state index < -0.39 is 0 Å². The molecule has 1 aliphatic heterocycles. The van der Waals surface area contributed by atoms with Crippen molar-refractivity contribution in [3.8, 4) is 0 Å². The maximum absolute atomic E-state index is 6.01. The Morgan fingerprint density at radius 3 is 3.00 bits per heavy atom. The van der Waals surface area contributed by atoms with Gasteiger partial charge in [-0.3, -0.25) is 4.90 Å². The SMILES string of the molecule is CN(Cc1ccc(N)c(Cl)c1)C1CCSC1. The summed E-state index contributed by atoms with van der Waals surface area (Å²) >= 11 is 8.05. The topological polar surface area (TPSA) is 29.3 Å². The second-order valence-electron chi connectivity index (χ2n) is 4.29. The molecule has 0 aromatic heterocycles. The Kier molecular flexibility index (Phi) is 4.00. The number of thioether (sulfide) groups is 1. The van der Waals surface area contributed by atoms with Gasteiger partial charge < -0.3 is 5.73 Å². The highest BCUT2D eigenvalue weighted by Gasteiger charge is 2.19. The minimum absolute atomic E-state index is 0.657. The van der Waals surface area contributed by atoms with Gasteiger partial charge >= 0.3 is 0 Å². The highest BCUT2D eigenvalue weighted by atomic mass is 35.5. The predicted molar refractivity (Wildman–Crippen MR) is 73.1 cm³/mol. The fourth-order valence-corrected chi connectivity index (χ4v) is 3.46. The van der Waals surface area contributed by atoms with Crippen molar-refractivity contribution in [2.45, 2.75) is 19.0 Å². The molecule has 0 bridgehead atoms. The average Bonchev–Trinajstić information content (AvgIpc) is 2.77. The molecule has 88 valence electrons. The van der Waals surface area contributed by atoms with E-state index in [1.807, 2.05) is 23.9 Å². The zero-order chi connectivity index (χ0) is 11.5. The van der Waals surface area contributed by atoms with Crippen LogP contribution >= 0.6 is 23.4 Å². The van der Waals surface area contributed by atoms with E-state index in [4.69, 9.17) is 17.3 Å². The summed E-state index contributed by atoms with van der Waals surface area (Å²) in [5, 5.41) is 0.659. The van der Waals surface area contributed by atoms with E-state index in [0.717, 1.165) is 6.54 Å². The van der Waals surface area contributed by atoms with Gasteiger partial charge in [0.2, 0.25) is 0 Å². The van der Waals surface area contributed by atoms with Gasteiger partial charge in [0.25, 0.3) is 0 Å². The maximum Gasteiger partial charge on any atom is 0.0638 e. The Morgan fingerprint density at radius 2 is 2.38 bits per heavy atom. The van der Waals surface area contributed by atoms with Crippen LogP contribution in [-0.4, -0.2) is 29.5 Å². The molecular weight excluding hydrogens is 240 g/mol. The van der Waals surface area contributed by atoms with E-state index in [1.165, 1.54) is 23.5 Å². The van der Waals surface area contributed by atoms with Gasteiger partial charge in [-0.25, -0.2) is 0 Å². The first-order chi connectivity index (χ1) is 7.66. The van der Waals surface area contributed by atoms with Crippen LogP contribution in [0, 0.1) is 0 Å². The van der Waals surface area contributed by atoms with Crippen molar-refractivity contribution in [2.75, 3.05) is 24.3 Å². The molecule has 1 aromatic rings. The van der Waals surface area contributed by atoms with Crippen LogP contribution in [0.25, 0.3) is 0 Å². The van der Waals surface area contributed by atoms with Crippen LogP contribution in [-0.2, 0) is 6.54 Å². The molecule has 0 spiro atoms. The zero-order valence-corrected chi connectivity index (χ0v) is 11.0. The zero-order valence-electron chi connectivity index (χ0n) is 9.45. The van der Waals surface area contributed by atoms with Crippen molar-refractivity contribution in [2.24, 2.45) is 0 Å². The molecule has 2 N–H and O–H groups in total. The fraction of sp³-hybridized carbons (Fsp3) is 0.500. The lowest BCUT2D eigenvalue weighted by atomic mass is 10.1. The van der Waals surface area contributed by atoms with E-state index in [2.05, 4.69) is 18.0 Å². The average molecular weight is 257 g/mol. The molecule has 0 aliphatic carbocycles. The smallest absolute Gasteiger partial charge is 0.0638 e. The van der Waals surface area contributed by atoms with Crippen molar-refractivity contribution in [1.82, 2.24) is 4.90 Å². The summed E-state index contributed by atoms with van der Waals surface area (Å²) in [4.78, 5) is 2.40. The van der Waals surface area contributed by atoms with Crippen LogP contribution in [0.3, 0.4) is 0 Å². The van der Waals surface area contributed by atoms with Gasteiger partial charge in [0.05, 0.1) is 10.7 Å². The minimum atomic E-state index is 0.657. The van der Waals surface area contributed by atoms with Gasteiger partial charge in [-0.2, -0.15) is 11.8 Å². The first-order valence-electron chi connectivity index (χ1n) is 5.48. The van der Waals surface area contributed by atoms with Gasteiger partial charge in [0, 0.05) is 18.3 Å². The normalized spacial score (nSPS) is 20.6. The number of nitrogen functional groups attached to an aromatic ring is 1. The molecule has 0 radical (unpaired) electrons. The standard InChI is InChI=1S/C12H17ClN2S/c1-15(10-4-5-16-8-10)7-9-2-3-12(14)11(13)6-9/h2-3,6,10H,4-5,7-8,14H2,1H3. The van der Waals surface area contributed by atoms with E-state index in [-0.39, 0.29) is 0 Å². The van der Waals surface area contributed by atoms with Gasteiger partial charge in [-0.05, 0) is 36.9 Å². The van der Waals surface area contributed by atoms with Gasteiger partial charge in [0.1, 0.15) is 0 Å². The lowest BCUT2D eigenvalue weighted by molar-refractivity contribution is 0.254. The molecule has 1 aromatic carbocycles. The molecule has 1 fully saturated rings. The summed E-state index contributed by atoms with van der Waals surface area (Å²) in [5.74, 6) is 2.54. The quantitative estimate of drug-likeness (QED) is 0.844. The molecule has 0 saturated carbocycles. The summed E-state index contributed by atoms with van der Waals surface area (Å²) < 4.78 is 0. The summed E-state index contributed by atoms with van der Waals surface area (Å²) in [6.45, 7) is 0.950. The molecule has 2 nitrogen and oxygen atoms in total. The van der Waals surface area contributed by atoms with Crippen LogP contribution in [0.4, 0.5) is 5.69 Å².